The molecular formula is C25H16ClN7O11S. The minimum Gasteiger partial charge on any atom is -0.504 e. The molecule has 3 aromatic rings. The summed E-state index contributed by atoms with van der Waals surface area (Å²) in [5.41, 5.74) is 3.17. The van der Waals surface area contributed by atoms with Crippen LogP contribution in [0, 0.1) is 10.1 Å². The van der Waals surface area contributed by atoms with Crippen LogP contribution in [-0.2, 0) is 19.7 Å². The molecule has 0 fully saturated rings. The molecular weight excluding hydrogens is 642 g/mol. The minimum absolute atomic E-state index is 0.138. The van der Waals surface area contributed by atoms with Crippen LogP contribution in [0.15, 0.2) is 96.1 Å². The van der Waals surface area contributed by atoms with Gasteiger partial charge in [0.2, 0.25) is 10.9 Å². The van der Waals surface area contributed by atoms with E-state index in [2.05, 4.69) is 31.6 Å². The number of nitro benzene ring substituents is 1. The first-order valence-electron chi connectivity index (χ1n) is 11.9. The number of nitrogens with zero attached hydrogens (tertiary/aromatic N) is 4. The maximum absolute atomic E-state index is 13.2. The molecule has 6 N–H and O–H groups in total. The van der Waals surface area contributed by atoms with Crippen molar-refractivity contribution in [3.8, 4) is 5.75 Å². The predicted molar refractivity (Wildman–Crippen MR) is 157 cm³/mol. The molecule has 3 aromatic carbocycles. The molecule has 20 heteroatoms. The Morgan fingerprint density at radius 1 is 0.956 bits per heavy atom. The number of aliphatic carboxylic acids is 1. The van der Waals surface area contributed by atoms with E-state index in [1.54, 1.807) is 0 Å². The van der Waals surface area contributed by atoms with Crippen LogP contribution in [0.1, 0.15) is 0 Å². The number of carboxylic acid groups (broad SMARTS) is 1. The number of carboxylic acids is 1. The SMILES string of the molecule is O=C(O)C1=C/C(=N\N=c2\cc(NNc3cc(S(=O)(=O)O)cc(Cl)c3O)c(=O)/c(=N\Nc3ccc([N+](=O)[O-])cc3)c2=O)C=CC1=O. The Balaban J connectivity index is 1.83. The van der Waals surface area contributed by atoms with Crippen molar-refractivity contribution in [1.82, 2.24) is 0 Å². The highest BCUT2D eigenvalue weighted by Crippen LogP contribution is 2.34. The number of carbonyl (C=O) groups excluding carboxylic acids is 1. The molecule has 0 bridgehead atoms. The quantitative estimate of drug-likeness (QED) is 0.0458. The van der Waals surface area contributed by atoms with Crippen molar-refractivity contribution in [2.24, 2.45) is 15.3 Å². The second-order valence-electron chi connectivity index (χ2n) is 8.69. The van der Waals surface area contributed by atoms with Gasteiger partial charge in [-0.1, -0.05) is 11.6 Å². The monoisotopic (exact) mass is 657 g/mol. The maximum atomic E-state index is 13.2. The van der Waals surface area contributed by atoms with E-state index in [4.69, 9.17) is 11.6 Å². The standard InChI is InChI=1S/C25H16ClN7O11S/c26-16-8-14(45(42,43)44)9-17(22(16)35)30-31-19-10-18(29-28-12-3-6-20(34)15(7-12)25(38)39)23(36)21(24(19)37)32-27-11-1-4-13(5-2-11)33(40)41/h1-10,27,30-31,35H,(H,38,39)(H,42,43,44)/b28-12-,29-18-,32-21-. The number of phenolic OH excluding ortho intramolecular Hbond substituents is 1. The predicted octanol–water partition coefficient (Wildman–Crippen LogP) is 0.570. The average molecular weight is 658 g/mol. The molecule has 0 atom stereocenters. The molecule has 0 amide bonds. The van der Waals surface area contributed by atoms with Gasteiger partial charge in [0.05, 0.1) is 31.9 Å². The van der Waals surface area contributed by atoms with Crippen molar-refractivity contribution < 1.29 is 37.7 Å². The van der Waals surface area contributed by atoms with E-state index in [1.807, 2.05) is 0 Å². The van der Waals surface area contributed by atoms with Crippen molar-refractivity contribution in [2.75, 3.05) is 16.3 Å². The molecule has 1 aliphatic carbocycles. The van der Waals surface area contributed by atoms with Crippen LogP contribution in [0.3, 0.4) is 0 Å². The lowest BCUT2D eigenvalue weighted by Gasteiger charge is -2.12. The highest BCUT2D eigenvalue weighted by molar-refractivity contribution is 7.85. The second kappa shape index (κ2) is 12.7. The highest BCUT2D eigenvalue weighted by atomic mass is 35.5. The van der Waals surface area contributed by atoms with Crippen molar-refractivity contribution in [2.45, 2.75) is 4.90 Å². The van der Waals surface area contributed by atoms with Gasteiger partial charge in [-0.15, -0.1) is 5.10 Å². The number of phenols is 1. The van der Waals surface area contributed by atoms with Gasteiger partial charge in [0.25, 0.3) is 15.8 Å². The molecule has 1 aliphatic rings. The molecule has 0 aliphatic heterocycles. The van der Waals surface area contributed by atoms with Crippen LogP contribution >= 0.6 is 11.6 Å². The normalized spacial score (nSPS) is 14.8. The summed E-state index contributed by atoms with van der Waals surface area (Å²) in [7, 11) is -4.77. The number of halogens is 1. The lowest BCUT2D eigenvalue weighted by atomic mass is 10.0. The Morgan fingerprint density at radius 2 is 1.62 bits per heavy atom. The van der Waals surface area contributed by atoms with Crippen molar-refractivity contribution in [3.63, 3.8) is 0 Å². The van der Waals surface area contributed by atoms with Gasteiger partial charge in [0.15, 0.2) is 16.9 Å². The molecule has 0 aromatic heterocycles. The van der Waals surface area contributed by atoms with Crippen LogP contribution in [0.5, 0.6) is 5.75 Å². The molecule has 0 saturated carbocycles. The number of aromatic hydroxyl groups is 1. The molecule has 4 rings (SSSR count). The number of rotatable bonds is 9. The van der Waals surface area contributed by atoms with Gasteiger partial charge in [0, 0.05) is 12.1 Å². The van der Waals surface area contributed by atoms with Gasteiger partial charge in [0.1, 0.15) is 16.6 Å². The zero-order valence-electron chi connectivity index (χ0n) is 22.0. The number of non-ortho nitro benzene ring substituents is 1. The summed E-state index contributed by atoms with van der Waals surface area (Å²) in [5.74, 6) is -3.03. The van der Waals surface area contributed by atoms with Gasteiger partial charge in [-0.25, -0.2) is 4.79 Å². The first-order valence-corrected chi connectivity index (χ1v) is 13.7. The summed E-state index contributed by atoms with van der Waals surface area (Å²) in [5, 5.41) is 39.8. The summed E-state index contributed by atoms with van der Waals surface area (Å²) >= 11 is 5.84. The first kappa shape index (κ1) is 31.9. The highest BCUT2D eigenvalue weighted by Gasteiger charge is 2.19. The molecule has 45 heavy (non-hydrogen) atoms. The van der Waals surface area contributed by atoms with Crippen molar-refractivity contribution >= 4 is 61.9 Å². The largest absolute Gasteiger partial charge is 0.504 e. The average Bonchev–Trinajstić information content (AvgIpc) is 2.98. The molecule has 0 radical (unpaired) electrons. The molecule has 0 unspecified atom stereocenters. The Morgan fingerprint density at radius 3 is 2.24 bits per heavy atom. The van der Waals surface area contributed by atoms with Gasteiger partial charge in [-0.2, -0.15) is 18.6 Å². The molecule has 230 valence electrons. The third-order valence-electron chi connectivity index (χ3n) is 5.70. The summed E-state index contributed by atoms with van der Waals surface area (Å²) in [4.78, 5) is 58.9. The van der Waals surface area contributed by atoms with E-state index in [0.717, 1.165) is 48.6 Å². The van der Waals surface area contributed by atoms with E-state index in [-0.39, 0.29) is 17.1 Å². The Bertz CT molecular complexity index is 2200. The number of hydrazine groups is 1. The van der Waals surface area contributed by atoms with Crippen LogP contribution in [0.4, 0.5) is 22.7 Å². The van der Waals surface area contributed by atoms with E-state index in [0.29, 0.717) is 0 Å². The van der Waals surface area contributed by atoms with Crippen molar-refractivity contribution in [1.29, 1.82) is 0 Å². The fourth-order valence-electron chi connectivity index (χ4n) is 3.48. The number of carbonyl (C=O) groups is 2. The van der Waals surface area contributed by atoms with Crippen LogP contribution in [0.25, 0.3) is 0 Å². The molecule has 18 nitrogen and oxygen atoms in total. The summed E-state index contributed by atoms with van der Waals surface area (Å²) in [6.07, 6.45) is 2.94. The van der Waals surface area contributed by atoms with Crippen LogP contribution in [0.2, 0.25) is 5.02 Å². The number of hydrogen-bond acceptors (Lipinski definition) is 15. The van der Waals surface area contributed by atoms with Gasteiger partial charge < -0.3 is 10.2 Å². The topological polar surface area (TPSA) is 279 Å². The third kappa shape index (κ3) is 7.30. The van der Waals surface area contributed by atoms with Gasteiger partial charge in [-0.3, -0.25) is 45.3 Å². The molecule has 0 spiro atoms. The summed E-state index contributed by atoms with van der Waals surface area (Å²) < 4.78 is 32.5. The zero-order chi connectivity index (χ0) is 33.1. The smallest absolute Gasteiger partial charge is 0.339 e. The van der Waals surface area contributed by atoms with E-state index >= 15 is 0 Å². The Labute approximate surface area is 254 Å². The molecule has 0 saturated heterocycles. The lowest BCUT2D eigenvalue weighted by molar-refractivity contribution is -0.384. The van der Waals surface area contributed by atoms with Crippen molar-refractivity contribution in [3.05, 3.63) is 113 Å². The number of nitrogens with one attached hydrogen (secondary N) is 3. The van der Waals surface area contributed by atoms with Gasteiger partial charge in [-0.05, 0) is 48.6 Å². The van der Waals surface area contributed by atoms with E-state index in [1.165, 1.54) is 12.1 Å². The van der Waals surface area contributed by atoms with Crippen LogP contribution in [-0.4, -0.2) is 45.6 Å². The number of nitro groups is 1. The summed E-state index contributed by atoms with van der Waals surface area (Å²) in [6.45, 7) is 0. The minimum atomic E-state index is -4.77. The third-order valence-corrected chi connectivity index (χ3v) is 6.82. The van der Waals surface area contributed by atoms with Gasteiger partial charge >= 0.3 is 5.97 Å². The fraction of sp³-hybridized carbons (Fsp3) is 0. The number of hydrogen-bond donors (Lipinski definition) is 6. The zero-order valence-corrected chi connectivity index (χ0v) is 23.5. The number of allylic oxidation sites excluding steroid dienone is 3. The van der Waals surface area contributed by atoms with E-state index in [9.17, 15) is 52.5 Å². The number of anilines is 3. The lowest BCUT2D eigenvalue weighted by Crippen LogP contribution is -2.49. The maximum Gasteiger partial charge on any atom is 0.339 e. The molecule has 0 heterocycles. The Kier molecular flexibility index (Phi) is 8.97. The van der Waals surface area contributed by atoms with Crippen LogP contribution < -0.4 is 37.8 Å². The summed E-state index contributed by atoms with van der Waals surface area (Å²) in [6, 6.07) is 7.18. The number of benzene rings is 3. The first-order chi connectivity index (χ1) is 21.1. The Hall–Kier alpha value is -6.05. The van der Waals surface area contributed by atoms with E-state index < -0.39 is 81.0 Å². The fourth-order valence-corrected chi connectivity index (χ4v) is 4.30. The number of ketones is 1. The second-order valence-corrected chi connectivity index (χ2v) is 10.5.